The minimum atomic E-state index is 0.807. The Morgan fingerprint density at radius 1 is 1.25 bits per heavy atom. The molecule has 16 heavy (non-hydrogen) atoms. The molecule has 5 heteroatoms. The number of anilines is 1. The lowest BCUT2D eigenvalue weighted by Crippen LogP contribution is -2.07. The average Bonchev–Trinajstić information content (AvgIpc) is 2.67. The molecule has 0 bridgehead atoms. The fraction of sp³-hybridized carbons (Fsp3) is 0.364. The highest BCUT2D eigenvalue weighted by Gasteiger charge is 1.97. The number of aromatic nitrogens is 4. The first-order valence-corrected chi connectivity index (χ1v) is 5.27. The molecular weight excluding hydrogens is 202 g/mol. The van der Waals surface area contributed by atoms with Gasteiger partial charge >= 0.3 is 0 Å². The zero-order valence-electron chi connectivity index (χ0n) is 9.51. The minimum absolute atomic E-state index is 0.807. The Bertz CT molecular complexity index is 446. The smallest absolute Gasteiger partial charge is 0.148 e. The Labute approximate surface area is 94.5 Å². The molecule has 0 aliphatic heterocycles. The van der Waals surface area contributed by atoms with Crippen molar-refractivity contribution >= 4 is 5.82 Å². The van der Waals surface area contributed by atoms with Crippen LogP contribution in [0.4, 0.5) is 5.82 Å². The van der Waals surface area contributed by atoms with Gasteiger partial charge in [0.15, 0.2) is 0 Å². The van der Waals surface area contributed by atoms with Crippen LogP contribution in [0.25, 0.3) is 0 Å². The van der Waals surface area contributed by atoms with Gasteiger partial charge in [0, 0.05) is 26.2 Å². The van der Waals surface area contributed by atoms with Crippen molar-refractivity contribution in [2.24, 2.45) is 7.05 Å². The lowest BCUT2D eigenvalue weighted by molar-refractivity contribution is 0.741. The van der Waals surface area contributed by atoms with Crippen LogP contribution in [0, 0.1) is 6.92 Å². The van der Waals surface area contributed by atoms with Crippen LogP contribution >= 0.6 is 0 Å². The lowest BCUT2D eigenvalue weighted by atomic mass is 10.3. The third-order valence-electron chi connectivity index (χ3n) is 2.25. The van der Waals surface area contributed by atoms with Gasteiger partial charge in [0.1, 0.15) is 5.82 Å². The zero-order valence-corrected chi connectivity index (χ0v) is 9.51. The maximum atomic E-state index is 4.30. The van der Waals surface area contributed by atoms with Crippen molar-refractivity contribution in [3.05, 3.63) is 35.8 Å². The van der Waals surface area contributed by atoms with Gasteiger partial charge in [-0.05, 0) is 25.1 Å². The van der Waals surface area contributed by atoms with E-state index in [0.717, 1.165) is 30.2 Å². The van der Waals surface area contributed by atoms with Crippen molar-refractivity contribution in [2.75, 3.05) is 11.9 Å². The standard InChI is InChI=1S/C11H15N5/c1-9-3-4-11(14-13-9)12-7-5-10-6-8-16(2)15-10/h3-4,6,8H,5,7H2,1-2H3,(H,12,14). The molecule has 2 rings (SSSR count). The predicted octanol–water partition coefficient (Wildman–Crippen LogP) is 1.17. The molecule has 0 aliphatic rings. The molecule has 0 unspecified atom stereocenters. The van der Waals surface area contributed by atoms with Crippen LogP contribution in [0.1, 0.15) is 11.4 Å². The molecule has 0 fully saturated rings. The van der Waals surface area contributed by atoms with Crippen LogP contribution in [0.2, 0.25) is 0 Å². The number of nitrogens with zero attached hydrogens (tertiary/aromatic N) is 4. The van der Waals surface area contributed by atoms with Crippen molar-refractivity contribution in [1.29, 1.82) is 0 Å². The molecule has 2 heterocycles. The van der Waals surface area contributed by atoms with Gasteiger partial charge in [0.2, 0.25) is 0 Å². The lowest BCUT2D eigenvalue weighted by Gasteiger charge is -2.02. The summed E-state index contributed by atoms with van der Waals surface area (Å²) in [5.74, 6) is 0.807. The molecule has 0 aromatic carbocycles. The van der Waals surface area contributed by atoms with E-state index in [1.165, 1.54) is 0 Å². The summed E-state index contributed by atoms with van der Waals surface area (Å²) in [5.41, 5.74) is 2.00. The van der Waals surface area contributed by atoms with E-state index in [2.05, 4.69) is 20.6 Å². The van der Waals surface area contributed by atoms with Crippen LogP contribution in [-0.4, -0.2) is 26.5 Å². The molecule has 2 aromatic rings. The molecule has 1 N–H and O–H groups in total. The third kappa shape index (κ3) is 2.79. The molecule has 0 amide bonds. The number of rotatable bonds is 4. The van der Waals surface area contributed by atoms with Gasteiger partial charge < -0.3 is 5.32 Å². The Hall–Kier alpha value is -1.91. The predicted molar refractivity (Wildman–Crippen MR) is 62.2 cm³/mol. The summed E-state index contributed by atoms with van der Waals surface area (Å²) in [6, 6.07) is 5.89. The van der Waals surface area contributed by atoms with Crippen molar-refractivity contribution < 1.29 is 0 Å². The summed E-state index contributed by atoms with van der Waals surface area (Å²) in [6.45, 7) is 2.74. The van der Waals surface area contributed by atoms with E-state index in [4.69, 9.17) is 0 Å². The average molecular weight is 217 g/mol. The highest BCUT2D eigenvalue weighted by molar-refractivity contribution is 5.32. The molecule has 0 atom stereocenters. The highest BCUT2D eigenvalue weighted by Crippen LogP contribution is 2.01. The summed E-state index contributed by atoms with van der Waals surface area (Å²) in [4.78, 5) is 0. The van der Waals surface area contributed by atoms with E-state index < -0.39 is 0 Å². The van der Waals surface area contributed by atoms with E-state index in [9.17, 15) is 0 Å². The van der Waals surface area contributed by atoms with Crippen molar-refractivity contribution in [2.45, 2.75) is 13.3 Å². The van der Waals surface area contributed by atoms with Crippen molar-refractivity contribution in [3.8, 4) is 0 Å². The summed E-state index contributed by atoms with van der Waals surface area (Å²) < 4.78 is 1.81. The second-order valence-electron chi connectivity index (χ2n) is 3.72. The largest absolute Gasteiger partial charge is 0.368 e. The fourth-order valence-electron chi connectivity index (χ4n) is 1.41. The van der Waals surface area contributed by atoms with Gasteiger partial charge in [-0.2, -0.15) is 10.2 Å². The van der Waals surface area contributed by atoms with E-state index in [0.29, 0.717) is 0 Å². The van der Waals surface area contributed by atoms with Crippen molar-refractivity contribution in [3.63, 3.8) is 0 Å². The fourth-order valence-corrected chi connectivity index (χ4v) is 1.41. The third-order valence-corrected chi connectivity index (χ3v) is 2.25. The normalized spacial score (nSPS) is 10.4. The second kappa shape index (κ2) is 4.74. The van der Waals surface area contributed by atoms with Crippen LogP contribution in [-0.2, 0) is 13.5 Å². The van der Waals surface area contributed by atoms with Gasteiger partial charge in [-0.3, -0.25) is 4.68 Å². The summed E-state index contributed by atoms with van der Waals surface area (Å²) in [5, 5.41) is 15.5. The first-order valence-electron chi connectivity index (χ1n) is 5.27. The Balaban J connectivity index is 1.82. The topological polar surface area (TPSA) is 55.6 Å². The molecular formula is C11H15N5. The van der Waals surface area contributed by atoms with Crippen LogP contribution in [0.3, 0.4) is 0 Å². The van der Waals surface area contributed by atoms with E-state index >= 15 is 0 Å². The summed E-state index contributed by atoms with van der Waals surface area (Å²) in [6.07, 6.45) is 2.83. The number of hydrogen-bond acceptors (Lipinski definition) is 4. The molecule has 5 nitrogen and oxygen atoms in total. The molecule has 0 saturated heterocycles. The van der Waals surface area contributed by atoms with Crippen LogP contribution in [0.15, 0.2) is 24.4 Å². The minimum Gasteiger partial charge on any atom is -0.368 e. The monoisotopic (exact) mass is 217 g/mol. The second-order valence-corrected chi connectivity index (χ2v) is 3.72. The van der Waals surface area contributed by atoms with Gasteiger partial charge in [-0.25, -0.2) is 0 Å². The van der Waals surface area contributed by atoms with Gasteiger partial charge in [0.25, 0.3) is 0 Å². The van der Waals surface area contributed by atoms with Crippen molar-refractivity contribution in [1.82, 2.24) is 20.0 Å². The number of aryl methyl sites for hydroxylation is 2. The summed E-state index contributed by atoms with van der Waals surface area (Å²) in [7, 11) is 1.92. The maximum Gasteiger partial charge on any atom is 0.148 e. The molecule has 0 aliphatic carbocycles. The molecule has 0 radical (unpaired) electrons. The van der Waals surface area contributed by atoms with Gasteiger partial charge in [0.05, 0.1) is 11.4 Å². The van der Waals surface area contributed by atoms with Gasteiger partial charge in [-0.15, -0.1) is 5.10 Å². The van der Waals surface area contributed by atoms with E-state index in [-0.39, 0.29) is 0 Å². The SMILES string of the molecule is Cc1ccc(NCCc2ccn(C)n2)nn1. The quantitative estimate of drug-likeness (QED) is 0.835. The first-order chi connectivity index (χ1) is 7.74. The van der Waals surface area contributed by atoms with Crippen LogP contribution in [0.5, 0.6) is 0 Å². The zero-order chi connectivity index (χ0) is 11.4. The van der Waals surface area contributed by atoms with E-state index in [1.54, 1.807) is 4.68 Å². The highest BCUT2D eigenvalue weighted by atomic mass is 15.2. The number of nitrogens with one attached hydrogen (secondary N) is 1. The van der Waals surface area contributed by atoms with Gasteiger partial charge in [-0.1, -0.05) is 0 Å². The maximum absolute atomic E-state index is 4.30. The van der Waals surface area contributed by atoms with E-state index in [1.807, 2.05) is 38.4 Å². The molecule has 84 valence electrons. The Morgan fingerprint density at radius 2 is 2.12 bits per heavy atom. The Kier molecular flexibility index (Phi) is 3.14. The molecule has 2 aromatic heterocycles. The Morgan fingerprint density at radius 3 is 2.75 bits per heavy atom. The van der Waals surface area contributed by atoms with Crippen LogP contribution < -0.4 is 5.32 Å². The summed E-state index contributed by atoms with van der Waals surface area (Å²) >= 11 is 0. The number of hydrogen-bond donors (Lipinski definition) is 1. The first kappa shape index (κ1) is 10.6. The molecule has 0 saturated carbocycles. The molecule has 0 spiro atoms.